The first kappa shape index (κ1) is 27.5. The summed E-state index contributed by atoms with van der Waals surface area (Å²) in [7, 11) is 1.56. The van der Waals surface area contributed by atoms with Crippen LogP contribution in [-0.4, -0.2) is 13.1 Å². The predicted molar refractivity (Wildman–Crippen MR) is 160 cm³/mol. The Labute approximate surface area is 248 Å². The molecule has 2 N–H and O–H groups in total. The van der Waals surface area contributed by atoms with Gasteiger partial charge < -0.3 is 29.1 Å². The van der Waals surface area contributed by atoms with Gasteiger partial charge in [0, 0.05) is 22.6 Å². The van der Waals surface area contributed by atoms with Crippen LogP contribution in [0.2, 0.25) is 0 Å². The largest absolute Gasteiger partial charge is 0.493 e. The maximum atomic E-state index is 13.1. The summed E-state index contributed by atoms with van der Waals surface area (Å²) in [6.07, 6.45) is 0. The third-order valence-corrected chi connectivity index (χ3v) is 7.44. The van der Waals surface area contributed by atoms with Crippen molar-refractivity contribution in [2.75, 3.05) is 7.11 Å². The SMILES string of the molecule is COc1cc(C2C(C#N)=C(N)Oc3cc(OC(=O)c4oc5cc(C)ccc5c4C)ccc32)ccc1OCc1ccccc1. The van der Waals surface area contributed by atoms with Crippen molar-refractivity contribution in [3.63, 3.8) is 0 Å². The number of hydrogen-bond acceptors (Lipinski definition) is 8. The fourth-order valence-electron chi connectivity index (χ4n) is 5.24. The number of esters is 1. The number of furan rings is 1. The molecule has 8 heteroatoms. The average Bonchev–Trinajstić information content (AvgIpc) is 3.34. The van der Waals surface area contributed by atoms with Gasteiger partial charge in [-0.15, -0.1) is 0 Å². The van der Waals surface area contributed by atoms with E-state index in [0.717, 1.165) is 22.1 Å². The summed E-state index contributed by atoms with van der Waals surface area (Å²) in [6, 6.07) is 28.3. The lowest BCUT2D eigenvalue weighted by Crippen LogP contribution is -2.21. The van der Waals surface area contributed by atoms with E-state index in [1.807, 2.05) is 80.6 Å². The second-order valence-electron chi connectivity index (χ2n) is 10.3. The minimum atomic E-state index is -0.629. The first-order valence-electron chi connectivity index (χ1n) is 13.6. The second-order valence-corrected chi connectivity index (χ2v) is 10.3. The Morgan fingerprint density at radius 1 is 0.977 bits per heavy atom. The Bertz CT molecular complexity index is 1930. The first-order chi connectivity index (χ1) is 20.9. The highest BCUT2D eigenvalue weighted by molar-refractivity contribution is 5.97. The first-order valence-corrected chi connectivity index (χ1v) is 13.6. The van der Waals surface area contributed by atoms with Gasteiger partial charge >= 0.3 is 5.97 Å². The summed E-state index contributed by atoms with van der Waals surface area (Å²) in [4.78, 5) is 13.1. The number of nitrogens with two attached hydrogens (primary N) is 1. The van der Waals surface area contributed by atoms with E-state index in [0.29, 0.717) is 40.6 Å². The molecular formula is C35H28N2O6. The molecule has 43 heavy (non-hydrogen) atoms. The second kappa shape index (κ2) is 11.3. The molecule has 4 aromatic carbocycles. The molecule has 0 saturated carbocycles. The Hall–Kier alpha value is -5.68. The average molecular weight is 573 g/mol. The molecule has 0 amide bonds. The van der Waals surface area contributed by atoms with Crippen LogP contribution in [0.25, 0.3) is 11.0 Å². The molecule has 0 bridgehead atoms. The highest BCUT2D eigenvalue weighted by atomic mass is 16.5. The minimum Gasteiger partial charge on any atom is -0.493 e. The molecule has 5 aromatic rings. The fourth-order valence-corrected chi connectivity index (χ4v) is 5.24. The Kier molecular flexibility index (Phi) is 7.22. The van der Waals surface area contributed by atoms with Gasteiger partial charge in [-0.25, -0.2) is 4.79 Å². The minimum absolute atomic E-state index is 0.0321. The molecular weight excluding hydrogens is 544 g/mol. The van der Waals surface area contributed by atoms with Crippen molar-refractivity contribution in [3.05, 3.63) is 130 Å². The Morgan fingerprint density at radius 3 is 2.56 bits per heavy atom. The van der Waals surface area contributed by atoms with Crippen LogP contribution in [0.4, 0.5) is 0 Å². The standard InChI is InChI=1S/C35H28N2O6/c1-20-9-12-25-21(2)33(42-29(25)15-20)35(38)41-24-11-13-26-30(17-24)43-34(37)27(18-36)32(26)23-10-14-28(31(16-23)39-3)40-19-22-7-5-4-6-8-22/h4-17,32H,19,37H2,1-3H3. The number of aryl methyl sites for hydroxylation is 2. The normalized spacial score (nSPS) is 14.0. The van der Waals surface area contributed by atoms with Crippen molar-refractivity contribution in [2.24, 2.45) is 5.73 Å². The third-order valence-electron chi connectivity index (χ3n) is 7.44. The van der Waals surface area contributed by atoms with Gasteiger partial charge in [-0.05, 0) is 54.8 Å². The van der Waals surface area contributed by atoms with Gasteiger partial charge in [0.1, 0.15) is 35.3 Å². The van der Waals surface area contributed by atoms with Crippen LogP contribution < -0.4 is 24.7 Å². The van der Waals surface area contributed by atoms with Crippen LogP contribution >= 0.6 is 0 Å². The number of ether oxygens (including phenoxy) is 4. The highest BCUT2D eigenvalue weighted by Crippen LogP contribution is 2.45. The smallest absolute Gasteiger partial charge is 0.379 e. The van der Waals surface area contributed by atoms with Gasteiger partial charge in [0.25, 0.3) is 0 Å². The quantitative estimate of drug-likeness (QED) is 0.162. The van der Waals surface area contributed by atoms with Crippen molar-refractivity contribution in [1.29, 1.82) is 5.26 Å². The van der Waals surface area contributed by atoms with E-state index >= 15 is 0 Å². The molecule has 8 nitrogen and oxygen atoms in total. The predicted octanol–water partition coefficient (Wildman–Crippen LogP) is 7.07. The molecule has 1 unspecified atom stereocenters. The molecule has 214 valence electrons. The van der Waals surface area contributed by atoms with E-state index in [-0.39, 0.29) is 23.0 Å². The van der Waals surface area contributed by atoms with Crippen LogP contribution in [0.1, 0.15) is 44.3 Å². The van der Waals surface area contributed by atoms with Gasteiger partial charge in [0.15, 0.2) is 11.5 Å². The maximum Gasteiger partial charge on any atom is 0.379 e. The Morgan fingerprint density at radius 2 is 1.79 bits per heavy atom. The van der Waals surface area contributed by atoms with Gasteiger partial charge in [-0.3, -0.25) is 0 Å². The van der Waals surface area contributed by atoms with E-state index in [9.17, 15) is 10.1 Å². The molecule has 1 aliphatic rings. The van der Waals surface area contributed by atoms with Crippen LogP contribution in [0.5, 0.6) is 23.0 Å². The van der Waals surface area contributed by atoms with Gasteiger partial charge in [0.2, 0.25) is 11.6 Å². The number of methoxy groups -OCH3 is 1. The monoisotopic (exact) mass is 572 g/mol. The maximum absolute atomic E-state index is 13.1. The fraction of sp³-hybridized carbons (Fsp3) is 0.143. The summed E-state index contributed by atoms with van der Waals surface area (Å²) in [5, 5.41) is 10.9. The van der Waals surface area contributed by atoms with E-state index in [1.54, 1.807) is 25.3 Å². The van der Waals surface area contributed by atoms with E-state index < -0.39 is 11.9 Å². The molecule has 6 rings (SSSR count). The number of fused-ring (bicyclic) bond motifs is 2. The summed E-state index contributed by atoms with van der Waals surface area (Å²) in [5.74, 6) is 0.615. The lowest BCUT2D eigenvalue weighted by Gasteiger charge is -2.27. The number of hydrogen-bond donors (Lipinski definition) is 1. The zero-order valence-corrected chi connectivity index (χ0v) is 23.8. The lowest BCUT2D eigenvalue weighted by atomic mass is 9.83. The van der Waals surface area contributed by atoms with Crippen LogP contribution in [0.15, 0.2) is 101 Å². The zero-order chi connectivity index (χ0) is 30.1. The molecule has 0 saturated heterocycles. The van der Waals surface area contributed by atoms with Gasteiger partial charge in [0.05, 0.1) is 13.0 Å². The topological polar surface area (TPSA) is 117 Å². The van der Waals surface area contributed by atoms with Gasteiger partial charge in [-0.1, -0.05) is 54.6 Å². The summed E-state index contributed by atoms with van der Waals surface area (Å²) >= 11 is 0. The number of rotatable bonds is 7. The van der Waals surface area contributed by atoms with E-state index in [1.165, 1.54) is 0 Å². The van der Waals surface area contributed by atoms with Crippen molar-refractivity contribution < 1.29 is 28.2 Å². The van der Waals surface area contributed by atoms with E-state index in [4.69, 9.17) is 29.1 Å². The number of nitrogens with zero attached hydrogens (tertiary/aromatic N) is 1. The van der Waals surface area contributed by atoms with E-state index in [2.05, 4.69) is 6.07 Å². The molecule has 1 aliphatic heterocycles. The highest BCUT2D eigenvalue weighted by Gasteiger charge is 2.32. The Balaban J connectivity index is 1.29. The molecule has 0 fully saturated rings. The third kappa shape index (κ3) is 5.24. The lowest BCUT2D eigenvalue weighted by molar-refractivity contribution is 0.0702. The zero-order valence-electron chi connectivity index (χ0n) is 23.8. The van der Waals surface area contributed by atoms with Crippen molar-refractivity contribution in [1.82, 2.24) is 0 Å². The van der Waals surface area contributed by atoms with Crippen molar-refractivity contribution in [3.8, 4) is 29.1 Å². The molecule has 0 radical (unpaired) electrons. The summed E-state index contributed by atoms with van der Waals surface area (Å²) in [6.45, 7) is 4.15. The molecule has 0 aliphatic carbocycles. The number of carbonyl (C=O) groups excluding carboxylic acids is 1. The number of nitriles is 1. The summed E-state index contributed by atoms with van der Waals surface area (Å²) in [5.41, 5.74) is 11.3. The van der Waals surface area contributed by atoms with Crippen LogP contribution in [0, 0.1) is 25.2 Å². The van der Waals surface area contributed by atoms with Crippen LogP contribution in [-0.2, 0) is 6.61 Å². The number of carbonyl (C=O) groups is 1. The summed E-state index contributed by atoms with van der Waals surface area (Å²) < 4.78 is 29.0. The van der Waals surface area contributed by atoms with Crippen molar-refractivity contribution >= 4 is 16.9 Å². The number of allylic oxidation sites excluding steroid dienone is 1. The molecule has 2 heterocycles. The molecule has 1 atom stereocenters. The molecule has 1 aromatic heterocycles. The number of benzene rings is 4. The van der Waals surface area contributed by atoms with Crippen molar-refractivity contribution in [2.45, 2.75) is 26.4 Å². The molecule has 0 spiro atoms. The van der Waals surface area contributed by atoms with Gasteiger partial charge in [-0.2, -0.15) is 5.26 Å². The van der Waals surface area contributed by atoms with Crippen LogP contribution in [0.3, 0.4) is 0 Å².